The fourth-order valence-corrected chi connectivity index (χ4v) is 5.07. The van der Waals surface area contributed by atoms with E-state index >= 15 is 0 Å². The van der Waals surface area contributed by atoms with Crippen molar-refractivity contribution in [2.45, 2.75) is 38.9 Å². The van der Waals surface area contributed by atoms with Gasteiger partial charge in [0.25, 0.3) is 0 Å². The summed E-state index contributed by atoms with van der Waals surface area (Å²) in [5.41, 5.74) is 2.06. The number of para-hydroxylation sites is 2. The lowest BCUT2D eigenvalue weighted by molar-refractivity contribution is 0.0741. The van der Waals surface area contributed by atoms with Crippen molar-refractivity contribution in [2.24, 2.45) is 0 Å². The van der Waals surface area contributed by atoms with Crippen LogP contribution in [0.4, 0.5) is 0 Å². The summed E-state index contributed by atoms with van der Waals surface area (Å²) >= 11 is 0. The first-order valence-electron chi connectivity index (χ1n) is 11.9. The number of carbonyl (C=O) groups is 1. The Balaban J connectivity index is 1.54. The van der Waals surface area contributed by atoms with Crippen molar-refractivity contribution in [3.05, 3.63) is 90.5 Å². The zero-order chi connectivity index (χ0) is 24.8. The molecule has 1 aromatic heterocycles. The topological polar surface area (TPSA) is 48.4 Å². The Hall–Kier alpha value is -3.70. The van der Waals surface area contributed by atoms with Gasteiger partial charge in [0.15, 0.2) is 0 Å². The van der Waals surface area contributed by atoms with Gasteiger partial charge in [-0.3, -0.25) is 0 Å². The average Bonchev–Trinajstić information content (AvgIpc) is 2.81. The van der Waals surface area contributed by atoms with Gasteiger partial charge in [0.1, 0.15) is 11.5 Å². The van der Waals surface area contributed by atoms with Gasteiger partial charge < -0.3 is 9.16 Å². The van der Waals surface area contributed by atoms with Crippen LogP contribution in [0.5, 0.6) is 11.5 Å². The standard InChI is InChI=1S/C30H29NO3Si/c1-30(2,3)35(4,5)34-21-17-18-22-20(19-21)11-10-16-27(22)33-29(32)28-23-12-6-8-14-25(23)31-26-15-9-7-13-24(26)28/h6-19H,1-5H3. The van der Waals surface area contributed by atoms with E-state index in [4.69, 9.17) is 14.1 Å². The number of rotatable bonds is 4. The highest BCUT2D eigenvalue weighted by atomic mass is 28.4. The summed E-state index contributed by atoms with van der Waals surface area (Å²) in [6.45, 7) is 11.1. The number of ether oxygens (including phenoxy) is 1. The molecule has 0 saturated carbocycles. The number of esters is 1. The minimum absolute atomic E-state index is 0.107. The molecule has 5 rings (SSSR count). The molecule has 0 aliphatic rings. The minimum Gasteiger partial charge on any atom is -0.543 e. The molecule has 0 amide bonds. The van der Waals surface area contributed by atoms with E-state index in [1.54, 1.807) is 0 Å². The summed E-state index contributed by atoms with van der Waals surface area (Å²) in [6.07, 6.45) is 0. The summed E-state index contributed by atoms with van der Waals surface area (Å²) < 4.78 is 12.5. The highest BCUT2D eigenvalue weighted by Crippen LogP contribution is 2.39. The number of hydrogen-bond acceptors (Lipinski definition) is 4. The summed E-state index contributed by atoms with van der Waals surface area (Å²) in [5.74, 6) is 0.976. The van der Waals surface area contributed by atoms with Gasteiger partial charge >= 0.3 is 5.97 Å². The summed E-state index contributed by atoms with van der Waals surface area (Å²) in [6, 6.07) is 27.1. The first-order chi connectivity index (χ1) is 16.6. The van der Waals surface area contributed by atoms with E-state index in [0.717, 1.165) is 38.3 Å². The van der Waals surface area contributed by atoms with Crippen LogP contribution in [-0.4, -0.2) is 19.3 Å². The molecule has 0 spiro atoms. The lowest BCUT2D eigenvalue weighted by Gasteiger charge is -2.36. The zero-order valence-corrected chi connectivity index (χ0v) is 21.8. The molecule has 0 atom stereocenters. The zero-order valence-electron chi connectivity index (χ0n) is 20.8. The average molecular weight is 480 g/mol. The van der Waals surface area contributed by atoms with E-state index < -0.39 is 14.3 Å². The van der Waals surface area contributed by atoms with Crippen LogP contribution in [0.3, 0.4) is 0 Å². The molecule has 0 radical (unpaired) electrons. The van der Waals surface area contributed by atoms with Crippen LogP contribution in [0.1, 0.15) is 31.1 Å². The Kier molecular flexibility index (Phi) is 5.60. The maximum absolute atomic E-state index is 13.6. The monoisotopic (exact) mass is 479 g/mol. The van der Waals surface area contributed by atoms with Gasteiger partial charge in [0.2, 0.25) is 8.32 Å². The van der Waals surface area contributed by atoms with Crippen LogP contribution in [0.15, 0.2) is 84.9 Å². The fourth-order valence-electron chi connectivity index (χ4n) is 4.04. The summed E-state index contributed by atoms with van der Waals surface area (Å²) in [4.78, 5) is 18.3. The molecular weight excluding hydrogens is 450 g/mol. The molecule has 0 unspecified atom stereocenters. The lowest BCUT2D eigenvalue weighted by Crippen LogP contribution is -2.43. The second-order valence-corrected chi connectivity index (χ2v) is 15.1. The van der Waals surface area contributed by atoms with Crippen LogP contribution in [0.25, 0.3) is 32.6 Å². The Morgan fingerprint density at radius 2 is 1.40 bits per heavy atom. The van der Waals surface area contributed by atoms with Crippen LogP contribution >= 0.6 is 0 Å². The predicted molar refractivity (Wildman–Crippen MR) is 146 cm³/mol. The van der Waals surface area contributed by atoms with Crippen LogP contribution < -0.4 is 9.16 Å². The molecule has 176 valence electrons. The first-order valence-corrected chi connectivity index (χ1v) is 14.8. The Labute approximate surface area is 206 Å². The van der Waals surface area contributed by atoms with Gasteiger partial charge in [0.05, 0.1) is 16.6 Å². The largest absolute Gasteiger partial charge is 0.543 e. The maximum atomic E-state index is 13.6. The highest BCUT2D eigenvalue weighted by molar-refractivity contribution is 6.74. The van der Waals surface area contributed by atoms with Gasteiger partial charge in [-0.05, 0) is 59.9 Å². The molecule has 0 N–H and O–H groups in total. The quantitative estimate of drug-likeness (QED) is 0.113. The van der Waals surface area contributed by atoms with Crippen molar-refractivity contribution < 1.29 is 14.0 Å². The number of hydrogen-bond donors (Lipinski definition) is 0. The van der Waals surface area contributed by atoms with Gasteiger partial charge in [-0.1, -0.05) is 69.3 Å². The second kappa shape index (κ2) is 8.50. The maximum Gasteiger partial charge on any atom is 0.344 e. The van der Waals surface area contributed by atoms with E-state index in [1.165, 1.54) is 0 Å². The second-order valence-electron chi connectivity index (χ2n) is 10.4. The molecule has 4 aromatic carbocycles. The molecule has 0 bridgehead atoms. The molecule has 5 aromatic rings. The van der Waals surface area contributed by atoms with Crippen molar-refractivity contribution in [3.8, 4) is 11.5 Å². The molecular formula is C30H29NO3Si. The van der Waals surface area contributed by atoms with Crippen LogP contribution in [0.2, 0.25) is 18.1 Å². The lowest BCUT2D eigenvalue weighted by atomic mass is 10.0. The van der Waals surface area contributed by atoms with Gasteiger partial charge in [0, 0.05) is 16.2 Å². The number of benzene rings is 4. The van der Waals surface area contributed by atoms with E-state index in [1.807, 2.05) is 84.9 Å². The molecule has 1 heterocycles. The third kappa shape index (κ3) is 4.28. The molecule has 5 heteroatoms. The van der Waals surface area contributed by atoms with E-state index in [9.17, 15) is 4.79 Å². The summed E-state index contributed by atoms with van der Waals surface area (Å²) in [7, 11) is -1.96. The Bertz CT molecular complexity index is 1530. The van der Waals surface area contributed by atoms with Gasteiger partial charge in [-0.25, -0.2) is 9.78 Å². The molecule has 0 saturated heterocycles. The molecule has 35 heavy (non-hydrogen) atoms. The molecule has 4 nitrogen and oxygen atoms in total. The summed E-state index contributed by atoms with van der Waals surface area (Å²) in [5, 5.41) is 3.50. The number of carbonyl (C=O) groups excluding carboxylic acids is 1. The number of nitrogens with zero attached hydrogens (tertiary/aromatic N) is 1. The van der Waals surface area contributed by atoms with Gasteiger partial charge in [-0.15, -0.1) is 0 Å². The highest BCUT2D eigenvalue weighted by Gasteiger charge is 2.39. The Morgan fingerprint density at radius 1 is 0.771 bits per heavy atom. The van der Waals surface area contributed by atoms with Crippen molar-refractivity contribution in [2.75, 3.05) is 0 Å². The normalized spacial score (nSPS) is 12.3. The molecule has 0 aliphatic heterocycles. The number of fused-ring (bicyclic) bond motifs is 3. The Morgan fingerprint density at radius 3 is 2.03 bits per heavy atom. The van der Waals surface area contributed by atoms with E-state index in [2.05, 4.69) is 33.9 Å². The van der Waals surface area contributed by atoms with E-state index in [0.29, 0.717) is 11.3 Å². The van der Waals surface area contributed by atoms with Crippen molar-refractivity contribution in [1.29, 1.82) is 0 Å². The van der Waals surface area contributed by atoms with Crippen molar-refractivity contribution in [1.82, 2.24) is 4.98 Å². The minimum atomic E-state index is -1.96. The molecule has 0 aliphatic carbocycles. The number of aromatic nitrogens is 1. The first kappa shape index (κ1) is 23.1. The third-order valence-electron chi connectivity index (χ3n) is 6.99. The smallest absolute Gasteiger partial charge is 0.344 e. The molecule has 0 fully saturated rings. The SMILES string of the molecule is CC(C)(C)[Si](C)(C)Oc1ccc2c(OC(=O)c3c4ccccc4nc4ccccc34)cccc2c1. The van der Waals surface area contributed by atoms with E-state index in [-0.39, 0.29) is 5.04 Å². The van der Waals surface area contributed by atoms with Gasteiger partial charge in [-0.2, -0.15) is 0 Å². The number of pyridine rings is 1. The van der Waals surface area contributed by atoms with Crippen molar-refractivity contribution in [3.63, 3.8) is 0 Å². The van der Waals surface area contributed by atoms with Crippen LogP contribution in [0, 0.1) is 0 Å². The van der Waals surface area contributed by atoms with Crippen molar-refractivity contribution >= 4 is 46.9 Å². The third-order valence-corrected chi connectivity index (χ3v) is 11.3. The fraction of sp³-hybridized carbons (Fsp3) is 0.200. The predicted octanol–water partition coefficient (Wildman–Crippen LogP) is 8.14. The van der Waals surface area contributed by atoms with Crippen LogP contribution in [-0.2, 0) is 0 Å².